The first-order chi connectivity index (χ1) is 22.9. The molecule has 2 amide bonds. The minimum atomic E-state index is -0.623. The van der Waals surface area contributed by atoms with Crippen molar-refractivity contribution in [3.63, 3.8) is 0 Å². The number of carbonyl (C=O) groups excluding carboxylic acids is 2. The van der Waals surface area contributed by atoms with Gasteiger partial charge in [-0.15, -0.1) is 0 Å². The van der Waals surface area contributed by atoms with Crippen molar-refractivity contribution in [2.45, 2.75) is 55.4 Å². The van der Waals surface area contributed by atoms with E-state index in [9.17, 15) is 18.8 Å². The number of aromatic amines is 1. The molecule has 12 heteroatoms. The van der Waals surface area contributed by atoms with Gasteiger partial charge < -0.3 is 19.8 Å². The van der Waals surface area contributed by atoms with Gasteiger partial charge in [0, 0.05) is 42.7 Å². The van der Waals surface area contributed by atoms with Crippen molar-refractivity contribution >= 4 is 40.2 Å². The van der Waals surface area contributed by atoms with Gasteiger partial charge in [-0.3, -0.25) is 24.6 Å². The smallest absolute Gasteiger partial charge is 0.261 e. The number of nitrogens with one attached hydrogen (secondary N) is 3. The summed E-state index contributed by atoms with van der Waals surface area (Å²) >= 11 is 1.75. The number of rotatable bonds is 10. The quantitative estimate of drug-likeness (QED) is 0.217. The molecule has 3 aliphatic rings. The van der Waals surface area contributed by atoms with Gasteiger partial charge in [0.2, 0.25) is 11.8 Å². The average Bonchev–Trinajstić information content (AvgIpc) is 3.07. The Kier molecular flexibility index (Phi) is 11.1. The van der Waals surface area contributed by atoms with Crippen LogP contribution in [0.15, 0.2) is 41.2 Å². The van der Waals surface area contributed by atoms with Gasteiger partial charge in [-0.25, -0.2) is 9.37 Å². The van der Waals surface area contributed by atoms with Crippen molar-refractivity contribution in [3.8, 4) is 17.6 Å². The summed E-state index contributed by atoms with van der Waals surface area (Å²) in [6.45, 7) is 5.02. The molecular formula is C35H40FN5O5S. The number of carbonyl (C=O) groups is 2. The molecule has 0 saturated carbocycles. The van der Waals surface area contributed by atoms with E-state index < -0.39 is 11.4 Å². The van der Waals surface area contributed by atoms with Crippen molar-refractivity contribution in [1.82, 2.24) is 20.2 Å². The topological polar surface area (TPSA) is 126 Å². The molecule has 0 spiro atoms. The Labute approximate surface area is 277 Å². The van der Waals surface area contributed by atoms with Gasteiger partial charge >= 0.3 is 0 Å². The number of H-pyrrole nitrogens is 1. The van der Waals surface area contributed by atoms with E-state index in [4.69, 9.17) is 9.47 Å². The number of fused-ring (bicyclic) bond motifs is 1. The van der Waals surface area contributed by atoms with Crippen LogP contribution in [0.4, 0.5) is 10.1 Å². The van der Waals surface area contributed by atoms with Crippen molar-refractivity contribution in [2.24, 2.45) is 5.92 Å². The van der Waals surface area contributed by atoms with Crippen LogP contribution in [0.25, 0.3) is 10.9 Å². The van der Waals surface area contributed by atoms with Crippen molar-refractivity contribution in [2.75, 3.05) is 51.3 Å². The lowest BCUT2D eigenvalue weighted by Crippen LogP contribution is -2.39. The van der Waals surface area contributed by atoms with E-state index in [0.717, 1.165) is 63.2 Å². The molecule has 1 unspecified atom stereocenters. The third kappa shape index (κ3) is 8.91. The fourth-order valence-electron chi connectivity index (χ4n) is 6.19. The van der Waals surface area contributed by atoms with E-state index in [1.807, 2.05) is 24.3 Å². The van der Waals surface area contributed by atoms with E-state index in [-0.39, 0.29) is 23.1 Å². The second kappa shape index (κ2) is 15.8. The van der Waals surface area contributed by atoms with E-state index >= 15 is 0 Å². The highest BCUT2D eigenvalue weighted by molar-refractivity contribution is 7.99. The number of likely N-dealkylation sites (tertiary alicyclic amines) is 1. The lowest BCUT2D eigenvalue weighted by atomic mass is 9.90. The number of thioether (sulfide) groups is 1. The number of hydrogen-bond donors (Lipinski definition) is 3. The summed E-state index contributed by atoms with van der Waals surface area (Å²) in [7, 11) is 0. The van der Waals surface area contributed by atoms with Crippen molar-refractivity contribution in [1.29, 1.82) is 0 Å². The molecule has 3 aromatic rings. The van der Waals surface area contributed by atoms with E-state index in [2.05, 4.69) is 37.3 Å². The highest BCUT2D eigenvalue weighted by Gasteiger charge is 2.27. The van der Waals surface area contributed by atoms with Crippen molar-refractivity contribution in [3.05, 3.63) is 64.0 Å². The number of hydrogen-bond acceptors (Lipinski definition) is 9. The van der Waals surface area contributed by atoms with Crippen LogP contribution in [0.3, 0.4) is 0 Å². The Morgan fingerprint density at radius 3 is 2.60 bits per heavy atom. The number of ether oxygens (including phenoxy) is 2. The van der Waals surface area contributed by atoms with Crippen LogP contribution in [-0.4, -0.2) is 77.9 Å². The van der Waals surface area contributed by atoms with Crippen LogP contribution >= 0.6 is 11.8 Å². The Morgan fingerprint density at radius 1 is 1.04 bits per heavy atom. The maximum atomic E-state index is 14.9. The maximum Gasteiger partial charge on any atom is 0.261 e. The van der Waals surface area contributed by atoms with Gasteiger partial charge in [0.1, 0.15) is 22.8 Å². The van der Waals surface area contributed by atoms with Gasteiger partial charge in [0.25, 0.3) is 5.56 Å². The molecule has 10 nitrogen and oxygen atoms in total. The molecule has 0 bridgehead atoms. The first kappa shape index (κ1) is 33.0. The molecule has 4 heterocycles. The minimum absolute atomic E-state index is 0.0375. The van der Waals surface area contributed by atoms with Crippen LogP contribution in [0, 0.1) is 23.6 Å². The molecule has 6 rings (SSSR count). The molecular weight excluding hydrogens is 621 g/mol. The zero-order chi connectivity index (χ0) is 32.6. The zero-order valence-electron chi connectivity index (χ0n) is 26.3. The van der Waals surface area contributed by atoms with Gasteiger partial charge in [-0.1, -0.05) is 24.0 Å². The standard InChI is InChI=1S/C35H40FN5O5S/c36-29-19-26(20-30-33(29)35(44)39-31(38-30)22-47-27-11-17-45-18-12-27)46-21-23-9-15-41(16-10-23)14-2-1-13-37-25-5-3-24(4-6-25)28-7-8-32(42)40-34(28)43/h3-6,19-20,23,27-28,37H,7-18,21-22H2,(H,38,39,44)(H,40,42,43). The summed E-state index contributed by atoms with van der Waals surface area (Å²) in [5.74, 6) is 6.92. The maximum absolute atomic E-state index is 14.9. The fourth-order valence-corrected chi connectivity index (χ4v) is 7.24. The normalized spacial score (nSPS) is 19.6. The van der Waals surface area contributed by atoms with Gasteiger partial charge in [-0.2, -0.15) is 11.8 Å². The van der Waals surface area contributed by atoms with E-state index in [1.165, 1.54) is 6.07 Å². The largest absolute Gasteiger partial charge is 0.493 e. The third-order valence-electron chi connectivity index (χ3n) is 8.96. The Morgan fingerprint density at radius 2 is 1.83 bits per heavy atom. The highest BCUT2D eigenvalue weighted by Crippen LogP contribution is 2.28. The predicted molar refractivity (Wildman–Crippen MR) is 180 cm³/mol. The SMILES string of the molecule is O=C1CCC(c2ccc(NCC#CCN3CCC(COc4cc(F)c5c(=O)[nH]c(CSC6CCOCC6)nc5c4)CC3)cc2)C(=O)N1. The van der Waals surface area contributed by atoms with Crippen LogP contribution in [-0.2, 0) is 20.1 Å². The lowest BCUT2D eigenvalue weighted by molar-refractivity contribution is -0.134. The number of anilines is 1. The van der Waals surface area contributed by atoms with E-state index in [0.29, 0.717) is 66.5 Å². The predicted octanol–water partition coefficient (Wildman–Crippen LogP) is 4.20. The van der Waals surface area contributed by atoms with Gasteiger partial charge in [0.15, 0.2) is 0 Å². The number of benzene rings is 2. The second-order valence-corrected chi connectivity index (χ2v) is 13.6. The van der Waals surface area contributed by atoms with Gasteiger partial charge in [0.05, 0.1) is 36.9 Å². The first-order valence-electron chi connectivity index (χ1n) is 16.3. The fraction of sp³-hybridized carbons (Fsp3) is 0.486. The number of piperidine rings is 2. The molecule has 248 valence electrons. The number of halogens is 1. The summed E-state index contributed by atoms with van der Waals surface area (Å²) in [6, 6.07) is 10.7. The molecule has 1 atom stereocenters. The lowest BCUT2D eigenvalue weighted by Gasteiger charge is -2.30. The Hall–Kier alpha value is -3.92. The Balaban J connectivity index is 0.919. The number of imide groups is 1. The second-order valence-electron chi connectivity index (χ2n) is 12.3. The Bertz CT molecular complexity index is 1690. The summed E-state index contributed by atoms with van der Waals surface area (Å²) < 4.78 is 26.3. The molecule has 3 saturated heterocycles. The number of aromatic nitrogens is 2. The summed E-state index contributed by atoms with van der Waals surface area (Å²) in [5.41, 5.74) is 1.69. The van der Waals surface area contributed by atoms with Gasteiger partial charge in [-0.05, 0) is 68.8 Å². The van der Waals surface area contributed by atoms with Crippen molar-refractivity contribution < 1.29 is 23.5 Å². The first-order valence-corrected chi connectivity index (χ1v) is 17.4. The van der Waals surface area contributed by atoms with Crippen LogP contribution < -0.4 is 20.9 Å². The summed E-state index contributed by atoms with van der Waals surface area (Å²) in [4.78, 5) is 45.7. The number of amides is 2. The summed E-state index contributed by atoms with van der Waals surface area (Å²) in [5, 5.41) is 6.13. The monoisotopic (exact) mass is 661 g/mol. The average molecular weight is 662 g/mol. The molecule has 2 aromatic carbocycles. The molecule has 3 N–H and O–H groups in total. The molecule has 3 fully saturated rings. The summed E-state index contributed by atoms with van der Waals surface area (Å²) in [6.07, 6.45) is 4.78. The molecule has 47 heavy (non-hydrogen) atoms. The van der Waals surface area contributed by atoms with E-state index in [1.54, 1.807) is 17.8 Å². The molecule has 0 aliphatic carbocycles. The number of nitrogens with zero attached hydrogens (tertiary/aromatic N) is 2. The van der Waals surface area contributed by atoms with Crippen LogP contribution in [0.5, 0.6) is 5.75 Å². The zero-order valence-corrected chi connectivity index (χ0v) is 27.1. The molecule has 0 radical (unpaired) electrons. The molecule has 1 aromatic heterocycles. The van der Waals surface area contributed by atoms with Crippen LogP contribution in [0.2, 0.25) is 0 Å². The minimum Gasteiger partial charge on any atom is -0.493 e. The van der Waals surface area contributed by atoms with Crippen LogP contribution in [0.1, 0.15) is 55.8 Å². The molecule has 3 aliphatic heterocycles. The highest BCUT2D eigenvalue weighted by atomic mass is 32.2. The third-order valence-corrected chi connectivity index (χ3v) is 10.3.